The van der Waals surface area contributed by atoms with Crippen molar-refractivity contribution >= 4 is 5.78 Å². The van der Waals surface area contributed by atoms with Crippen LogP contribution in [-0.2, 0) is 4.79 Å². The lowest BCUT2D eigenvalue weighted by atomic mass is 10.0. The van der Waals surface area contributed by atoms with Crippen molar-refractivity contribution < 1.29 is 23.0 Å². The van der Waals surface area contributed by atoms with Crippen LogP contribution in [0.25, 0.3) is 11.1 Å². The van der Waals surface area contributed by atoms with E-state index >= 15 is 0 Å². The van der Waals surface area contributed by atoms with Gasteiger partial charge in [0.2, 0.25) is 0 Å². The summed E-state index contributed by atoms with van der Waals surface area (Å²) in [5, 5.41) is 0. The summed E-state index contributed by atoms with van der Waals surface area (Å²) in [7, 11) is 0. The summed E-state index contributed by atoms with van der Waals surface area (Å²) in [6.07, 6.45) is 0.726. The minimum atomic E-state index is -0.498. The second-order valence-corrected chi connectivity index (χ2v) is 7.01. The lowest BCUT2D eigenvalue weighted by Crippen LogP contribution is -2.06. The third kappa shape index (κ3) is 4.40. The molecule has 1 aliphatic carbocycles. The van der Waals surface area contributed by atoms with Crippen LogP contribution in [0.4, 0.5) is 8.78 Å². The molecule has 0 heterocycles. The molecule has 1 saturated carbocycles. The van der Waals surface area contributed by atoms with Crippen molar-refractivity contribution in [1.29, 1.82) is 0 Å². The Hall–Kier alpha value is -2.43. The zero-order valence-corrected chi connectivity index (χ0v) is 15.1. The smallest absolute Gasteiger partial charge is 0.134 e. The number of benzene rings is 2. The van der Waals surface area contributed by atoms with E-state index in [9.17, 15) is 13.6 Å². The van der Waals surface area contributed by atoms with Gasteiger partial charge in [-0.3, -0.25) is 4.79 Å². The molecule has 0 spiro atoms. The Labute approximate surface area is 151 Å². The predicted octanol–water partition coefficient (Wildman–Crippen LogP) is 5.02. The third-order valence-electron chi connectivity index (χ3n) is 4.40. The average Bonchev–Trinajstić information content (AvgIpc) is 3.31. The van der Waals surface area contributed by atoms with Crippen molar-refractivity contribution in [3.05, 3.63) is 48.0 Å². The van der Waals surface area contributed by atoms with Gasteiger partial charge in [0.15, 0.2) is 0 Å². The van der Waals surface area contributed by atoms with Crippen LogP contribution >= 0.6 is 0 Å². The molecule has 0 aromatic heterocycles. The quantitative estimate of drug-likeness (QED) is 0.695. The van der Waals surface area contributed by atoms with Crippen LogP contribution in [0.2, 0.25) is 0 Å². The van der Waals surface area contributed by atoms with Crippen LogP contribution in [0, 0.1) is 23.5 Å². The fourth-order valence-electron chi connectivity index (χ4n) is 3.01. The molecule has 0 radical (unpaired) electrons. The molecule has 138 valence electrons. The van der Waals surface area contributed by atoms with Crippen molar-refractivity contribution in [3.8, 4) is 22.6 Å². The van der Waals surface area contributed by atoms with Crippen molar-refractivity contribution in [2.24, 2.45) is 11.8 Å². The van der Waals surface area contributed by atoms with Crippen LogP contribution < -0.4 is 9.47 Å². The molecular weight excluding hydrogens is 338 g/mol. The van der Waals surface area contributed by atoms with Gasteiger partial charge in [-0.1, -0.05) is 0 Å². The minimum absolute atomic E-state index is 0.0748. The van der Waals surface area contributed by atoms with E-state index in [1.165, 1.54) is 18.2 Å². The van der Waals surface area contributed by atoms with E-state index in [1.807, 2.05) is 13.8 Å². The van der Waals surface area contributed by atoms with E-state index in [-0.39, 0.29) is 29.3 Å². The first-order chi connectivity index (χ1) is 12.3. The van der Waals surface area contributed by atoms with Gasteiger partial charge in [0.1, 0.15) is 28.9 Å². The molecule has 5 heteroatoms. The fraction of sp³-hybridized carbons (Fsp3) is 0.381. The lowest BCUT2D eigenvalue weighted by Gasteiger charge is -2.13. The molecule has 0 aliphatic heterocycles. The Balaban J connectivity index is 1.73. The number of hydrogen-bond acceptors (Lipinski definition) is 3. The highest BCUT2D eigenvalue weighted by Gasteiger charge is 2.41. The summed E-state index contributed by atoms with van der Waals surface area (Å²) >= 11 is 0. The summed E-state index contributed by atoms with van der Waals surface area (Å²) in [6.45, 7) is 5.66. The number of carbonyl (C=O) groups excluding carboxylic acids is 1. The van der Waals surface area contributed by atoms with E-state index in [2.05, 4.69) is 0 Å². The van der Waals surface area contributed by atoms with Gasteiger partial charge >= 0.3 is 0 Å². The molecule has 0 N–H and O–H groups in total. The summed E-state index contributed by atoms with van der Waals surface area (Å²) in [5.41, 5.74) is 0.682. The Bertz CT molecular complexity index is 817. The molecule has 2 unspecified atom stereocenters. The maximum absolute atomic E-state index is 14.5. The molecule has 2 aromatic rings. The summed E-state index contributed by atoms with van der Waals surface area (Å²) in [4.78, 5) is 11.2. The number of ether oxygens (including phenoxy) is 2. The van der Waals surface area contributed by atoms with Crippen LogP contribution in [0.1, 0.15) is 27.2 Å². The highest BCUT2D eigenvalue weighted by molar-refractivity contribution is 5.81. The standard InChI is InChI=1S/C21H22F2O3/c1-12(2)26-18-7-14(6-16(22)9-18)19-5-4-17(10-21(19)23)25-11-15-8-20(15)13(3)24/h4-7,9-10,12,15,20H,8,11H2,1-3H3. The molecule has 2 aromatic carbocycles. The van der Waals surface area contributed by atoms with Crippen molar-refractivity contribution in [2.45, 2.75) is 33.3 Å². The molecule has 1 fully saturated rings. The first-order valence-corrected chi connectivity index (χ1v) is 8.74. The van der Waals surface area contributed by atoms with Gasteiger partial charge in [0.05, 0.1) is 12.7 Å². The van der Waals surface area contributed by atoms with Crippen molar-refractivity contribution in [1.82, 2.24) is 0 Å². The Morgan fingerprint density at radius 1 is 1.15 bits per heavy atom. The SMILES string of the molecule is CC(=O)C1CC1COc1ccc(-c2cc(F)cc(OC(C)C)c2)c(F)c1. The third-order valence-corrected chi connectivity index (χ3v) is 4.40. The molecule has 0 bridgehead atoms. The van der Waals surface area contributed by atoms with Gasteiger partial charge in [0, 0.05) is 29.5 Å². The largest absolute Gasteiger partial charge is 0.493 e. The lowest BCUT2D eigenvalue weighted by molar-refractivity contribution is -0.118. The number of Topliss-reactive ketones (excluding diaryl/α,β-unsaturated/α-hetero) is 1. The molecule has 3 rings (SSSR count). The highest BCUT2D eigenvalue weighted by Crippen LogP contribution is 2.39. The van der Waals surface area contributed by atoms with Gasteiger partial charge in [-0.25, -0.2) is 8.78 Å². The number of halogens is 2. The van der Waals surface area contributed by atoms with E-state index in [1.54, 1.807) is 25.1 Å². The van der Waals surface area contributed by atoms with Crippen LogP contribution in [0.5, 0.6) is 11.5 Å². The van der Waals surface area contributed by atoms with E-state index in [4.69, 9.17) is 9.47 Å². The molecular formula is C21H22F2O3. The zero-order valence-electron chi connectivity index (χ0n) is 15.1. The van der Waals surface area contributed by atoms with Gasteiger partial charge in [-0.15, -0.1) is 0 Å². The van der Waals surface area contributed by atoms with Crippen LogP contribution in [0.3, 0.4) is 0 Å². The Kier molecular flexibility index (Phi) is 5.25. The molecule has 2 atom stereocenters. The molecule has 0 saturated heterocycles. The van der Waals surface area contributed by atoms with Crippen molar-refractivity contribution in [2.75, 3.05) is 6.61 Å². The number of ketones is 1. The maximum Gasteiger partial charge on any atom is 0.134 e. The Morgan fingerprint density at radius 3 is 2.54 bits per heavy atom. The summed E-state index contributed by atoms with van der Waals surface area (Å²) in [5.74, 6) is 0.240. The fourth-order valence-corrected chi connectivity index (χ4v) is 3.01. The predicted molar refractivity (Wildman–Crippen MR) is 95.3 cm³/mol. The minimum Gasteiger partial charge on any atom is -0.493 e. The van der Waals surface area contributed by atoms with Gasteiger partial charge in [-0.2, -0.15) is 0 Å². The molecule has 26 heavy (non-hydrogen) atoms. The number of hydrogen-bond donors (Lipinski definition) is 0. The van der Waals surface area contributed by atoms with Gasteiger partial charge < -0.3 is 9.47 Å². The van der Waals surface area contributed by atoms with Crippen LogP contribution in [-0.4, -0.2) is 18.5 Å². The van der Waals surface area contributed by atoms with E-state index in [0.29, 0.717) is 23.7 Å². The summed E-state index contributed by atoms with van der Waals surface area (Å²) < 4.78 is 39.4. The van der Waals surface area contributed by atoms with E-state index < -0.39 is 11.6 Å². The van der Waals surface area contributed by atoms with Crippen molar-refractivity contribution in [3.63, 3.8) is 0 Å². The molecule has 3 nitrogen and oxygen atoms in total. The maximum atomic E-state index is 14.5. The average molecular weight is 360 g/mol. The Morgan fingerprint density at radius 2 is 1.92 bits per heavy atom. The first kappa shape index (κ1) is 18.4. The monoisotopic (exact) mass is 360 g/mol. The molecule has 0 amide bonds. The molecule has 1 aliphatic rings. The van der Waals surface area contributed by atoms with Gasteiger partial charge in [-0.05, 0) is 57.0 Å². The normalized spacial score (nSPS) is 18.7. The summed E-state index contributed by atoms with van der Waals surface area (Å²) in [6, 6.07) is 8.66. The number of rotatable bonds is 7. The van der Waals surface area contributed by atoms with Crippen LogP contribution in [0.15, 0.2) is 36.4 Å². The highest BCUT2D eigenvalue weighted by atomic mass is 19.1. The second-order valence-electron chi connectivity index (χ2n) is 7.01. The zero-order chi connectivity index (χ0) is 18.8. The first-order valence-electron chi connectivity index (χ1n) is 8.74. The number of carbonyl (C=O) groups is 1. The van der Waals surface area contributed by atoms with E-state index in [0.717, 1.165) is 6.42 Å². The second kappa shape index (κ2) is 7.44. The topological polar surface area (TPSA) is 35.5 Å². The van der Waals surface area contributed by atoms with Gasteiger partial charge in [0.25, 0.3) is 0 Å².